The summed E-state index contributed by atoms with van der Waals surface area (Å²) in [5.74, 6) is 0.618. The van der Waals surface area contributed by atoms with Gasteiger partial charge < -0.3 is 19.1 Å². The number of hydrogen-bond donors (Lipinski definition) is 0. The van der Waals surface area contributed by atoms with Crippen molar-refractivity contribution in [3.63, 3.8) is 0 Å². The van der Waals surface area contributed by atoms with Gasteiger partial charge in [-0.05, 0) is 42.0 Å². The number of benzene rings is 2. The van der Waals surface area contributed by atoms with Crippen LogP contribution in [0, 0.1) is 5.82 Å². The van der Waals surface area contributed by atoms with Gasteiger partial charge >= 0.3 is 6.03 Å². The number of nitrogens with zero attached hydrogens (tertiary/aromatic N) is 3. The van der Waals surface area contributed by atoms with Crippen molar-refractivity contribution in [1.82, 2.24) is 4.90 Å². The first kappa shape index (κ1) is 20.6. The van der Waals surface area contributed by atoms with Crippen molar-refractivity contribution in [2.24, 2.45) is 4.99 Å². The summed E-state index contributed by atoms with van der Waals surface area (Å²) in [6.07, 6.45) is 0.108. The maximum Gasteiger partial charge on any atom is 0.345 e. The second-order valence-electron chi connectivity index (χ2n) is 7.28. The number of halogens is 1. The number of anilines is 1. The fraction of sp³-hybridized carbons (Fsp3) is 0.318. The summed E-state index contributed by atoms with van der Waals surface area (Å²) in [4.78, 5) is 32.7. The van der Waals surface area contributed by atoms with Gasteiger partial charge in [-0.3, -0.25) is 9.69 Å². The van der Waals surface area contributed by atoms with Crippen LogP contribution in [0.2, 0.25) is 0 Å². The highest BCUT2D eigenvalue weighted by atomic mass is 19.1. The monoisotopic (exact) mass is 427 g/mol. The number of urea groups is 1. The quantitative estimate of drug-likeness (QED) is 0.732. The fourth-order valence-electron chi connectivity index (χ4n) is 4.17. The third-order valence-electron chi connectivity index (χ3n) is 5.65. The van der Waals surface area contributed by atoms with E-state index in [2.05, 4.69) is 4.99 Å². The van der Waals surface area contributed by atoms with Gasteiger partial charge in [-0.1, -0.05) is 0 Å². The number of amides is 3. The molecule has 8 nitrogen and oxygen atoms in total. The molecule has 2 heterocycles. The molecule has 31 heavy (non-hydrogen) atoms. The molecular formula is C22H22FN3O5. The van der Waals surface area contributed by atoms with Crippen molar-refractivity contribution in [2.75, 3.05) is 33.3 Å². The van der Waals surface area contributed by atoms with Crippen LogP contribution in [0.25, 0.3) is 0 Å². The number of likely N-dealkylation sites (N-methyl/N-ethyl adjacent to an activating group) is 1. The molecule has 0 aliphatic carbocycles. The van der Waals surface area contributed by atoms with Gasteiger partial charge in [0.15, 0.2) is 11.5 Å². The molecule has 0 bridgehead atoms. The summed E-state index contributed by atoms with van der Waals surface area (Å²) in [5, 5.41) is 0. The van der Waals surface area contributed by atoms with Crippen LogP contribution in [0.4, 0.5) is 14.9 Å². The first-order valence-corrected chi connectivity index (χ1v) is 9.63. The van der Waals surface area contributed by atoms with Gasteiger partial charge in [-0.25, -0.2) is 9.18 Å². The number of hydrogen-bond acceptors (Lipinski definition) is 5. The zero-order valence-corrected chi connectivity index (χ0v) is 17.6. The zero-order valence-electron chi connectivity index (χ0n) is 17.6. The number of carbonyl (C=O) groups excluding carboxylic acids is 2. The van der Waals surface area contributed by atoms with Crippen LogP contribution in [-0.4, -0.2) is 57.1 Å². The van der Waals surface area contributed by atoms with E-state index in [1.807, 2.05) is 0 Å². The van der Waals surface area contributed by atoms with Crippen LogP contribution < -0.4 is 19.1 Å². The van der Waals surface area contributed by atoms with Crippen molar-refractivity contribution in [3.8, 4) is 17.2 Å². The molecular weight excluding hydrogens is 405 g/mol. The van der Waals surface area contributed by atoms with E-state index in [4.69, 9.17) is 14.2 Å². The molecule has 0 aromatic heterocycles. The van der Waals surface area contributed by atoms with Gasteiger partial charge in [0, 0.05) is 19.4 Å². The molecule has 0 unspecified atom stereocenters. The minimum Gasteiger partial charge on any atom is -0.493 e. The minimum absolute atomic E-state index is 0.108. The number of piperidine rings is 1. The van der Waals surface area contributed by atoms with E-state index in [0.717, 1.165) is 5.56 Å². The first-order valence-electron chi connectivity index (χ1n) is 9.63. The molecule has 2 atom stereocenters. The average molecular weight is 427 g/mol. The van der Waals surface area contributed by atoms with Gasteiger partial charge in [-0.15, -0.1) is 0 Å². The SMILES string of the molecule is COc1cc([C@H]2CC(=O)N(c3ccc(F)cc3)C3=NC(=O)N(C)[C@@H]32)cc(OC)c1OC. The maximum absolute atomic E-state index is 13.4. The van der Waals surface area contributed by atoms with Crippen LogP contribution in [0.15, 0.2) is 41.4 Å². The van der Waals surface area contributed by atoms with Crippen LogP contribution in [0.5, 0.6) is 17.2 Å². The summed E-state index contributed by atoms with van der Waals surface area (Å²) < 4.78 is 29.7. The number of fused-ring (bicyclic) bond motifs is 1. The third kappa shape index (κ3) is 3.35. The molecule has 4 rings (SSSR count). The fourth-order valence-corrected chi connectivity index (χ4v) is 4.17. The predicted octanol–water partition coefficient (Wildman–Crippen LogP) is 3.20. The van der Waals surface area contributed by atoms with E-state index in [1.165, 1.54) is 55.4 Å². The maximum atomic E-state index is 13.4. The Morgan fingerprint density at radius 3 is 2.16 bits per heavy atom. The Balaban J connectivity index is 1.80. The molecule has 3 amide bonds. The van der Waals surface area contributed by atoms with Crippen molar-refractivity contribution < 1.29 is 28.2 Å². The molecule has 1 saturated heterocycles. The number of aliphatic imine (C=N–C) groups is 1. The lowest BCUT2D eigenvalue weighted by atomic mass is 9.83. The number of carbonyl (C=O) groups is 2. The van der Waals surface area contributed by atoms with Crippen LogP contribution in [-0.2, 0) is 4.79 Å². The lowest BCUT2D eigenvalue weighted by Gasteiger charge is -2.39. The van der Waals surface area contributed by atoms with E-state index < -0.39 is 17.9 Å². The molecule has 2 aromatic carbocycles. The lowest BCUT2D eigenvalue weighted by molar-refractivity contribution is -0.118. The van der Waals surface area contributed by atoms with Crippen molar-refractivity contribution >= 4 is 23.5 Å². The minimum atomic E-state index is -0.488. The van der Waals surface area contributed by atoms with Gasteiger partial charge in [0.25, 0.3) is 0 Å². The van der Waals surface area contributed by atoms with Gasteiger partial charge in [0.05, 0.1) is 33.1 Å². The Morgan fingerprint density at radius 1 is 1.00 bits per heavy atom. The van der Waals surface area contributed by atoms with Crippen LogP contribution in [0.1, 0.15) is 17.9 Å². The molecule has 0 spiro atoms. The van der Waals surface area contributed by atoms with Crippen molar-refractivity contribution in [1.29, 1.82) is 0 Å². The summed E-state index contributed by atoms with van der Waals surface area (Å²) >= 11 is 0. The first-order chi connectivity index (χ1) is 14.9. The van der Waals surface area contributed by atoms with E-state index in [9.17, 15) is 14.0 Å². The Labute approximate surface area is 178 Å². The van der Waals surface area contributed by atoms with Crippen LogP contribution in [0.3, 0.4) is 0 Å². The number of rotatable bonds is 5. The van der Waals surface area contributed by atoms with E-state index in [0.29, 0.717) is 28.8 Å². The average Bonchev–Trinajstić information content (AvgIpc) is 3.07. The zero-order chi connectivity index (χ0) is 22.3. The van der Waals surface area contributed by atoms with Crippen molar-refractivity contribution in [2.45, 2.75) is 18.4 Å². The predicted molar refractivity (Wildman–Crippen MR) is 112 cm³/mol. The summed E-state index contributed by atoms with van der Waals surface area (Å²) in [7, 11) is 6.19. The normalized spacial score (nSPS) is 20.5. The molecule has 2 aromatic rings. The smallest absolute Gasteiger partial charge is 0.345 e. The van der Waals surface area contributed by atoms with Gasteiger partial charge in [0.2, 0.25) is 11.7 Å². The highest BCUT2D eigenvalue weighted by Gasteiger charge is 2.48. The standard InChI is InChI=1S/C22H22FN3O5/c1-25-19-15(12-9-16(29-2)20(31-4)17(10-12)30-3)11-18(27)26(21(19)24-22(25)28)14-7-5-13(23)6-8-14/h5-10,15,19H,11H2,1-4H3/t15-,19-/m1/s1. The second-order valence-corrected chi connectivity index (χ2v) is 7.28. The molecule has 0 saturated carbocycles. The molecule has 0 radical (unpaired) electrons. The molecule has 2 aliphatic rings. The molecule has 1 fully saturated rings. The molecule has 0 N–H and O–H groups in total. The van der Waals surface area contributed by atoms with Gasteiger partial charge in [-0.2, -0.15) is 4.99 Å². The topological polar surface area (TPSA) is 80.7 Å². The summed E-state index contributed by atoms with van der Waals surface area (Å²) in [6.45, 7) is 0. The second kappa shape index (κ2) is 7.90. The van der Waals surface area contributed by atoms with E-state index in [-0.39, 0.29) is 18.2 Å². The highest BCUT2D eigenvalue weighted by Crippen LogP contribution is 2.44. The van der Waals surface area contributed by atoms with E-state index in [1.54, 1.807) is 19.2 Å². The number of ether oxygens (including phenoxy) is 3. The largest absolute Gasteiger partial charge is 0.493 e. The number of methoxy groups -OCH3 is 3. The summed E-state index contributed by atoms with van der Waals surface area (Å²) in [5.41, 5.74) is 1.21. The molecule has 2 aliphatic heterocycles. The Hall–Kier alpha value is -3.62. The highest BCUT2D eigenvalue weighted by molar-refractivity contribution is 6.25. The Kier molecular flexibility index (Phi) is 5.26. The lowest BCUT2D eigenvalue weighted by Crippen LogP contribution is -2.54. The molecule has 162 valence electrons. The summed E-state index contributed by atoms with van der Waals surface area (Å²) in [6, 6.07) is 8.15. The van der Waals surface area contributed by atoms with Crippen molar-refractivity contribution in [3.05, 3.63) is 47.8 Å². The Morgan fingerprint density at radius 2 is 1.61 bits per heavy atom. The van der Waals surface area contributed by atoms with E-state index >= 15 is 0 Å². The molecule has 9 heteroatoms. The van der Waals surface area contributed by atoms with Crippen LogP contribution >= 0.6 is 0 Å². The number of amidine groups is 1. The van der Waals surface area contributed by atoms with Gasteiger partial charge in [0.1, 0.15) is 11.7 Å². The Bertz CT molecular complexity index is 1040. The third-order valence-corrected chi connectivity index (χ3v) is 5.65.